The van der Waals surface area contributed by atoms with Crippen molar-refractivity contribution in [2.75, 3.05) is 18.0 Å². The Morgan fingerprint density at radius 1 is 0.923 bits per heavy atom. The summed E-state index contributed by atoms with van der Waals surface area (Å²) in [5.41, 5.74) is 2.61. The molecule has 1 fully saturated rings. The average molecular weight is 543 g/mol. The SMILES string of the molecule is O=C(CN1C(=O)[C@H](NC(=O)[C@@H]2CCC(=O)N2)[C@@H](c2ccccc2)Sc2ccccc21)NCCc1ccccc1. The van der Waals surface area contributed by atoms with Gasteiger partial charge in [-0.25, -0.2) is 0 Å². The fraction of sp³-hybridized carbons (Fsp3) is 0.267. The van der Waals surface area contributed by atoms with Crippen LogP contribution in [-0.4, -0.2) is 48.8 Å². The maximum Gasteiger partial charge on any atom is 0.251 e. The molecule has 3 aromatic carbocycles. The highest BCUT2D eigenvalue weighted by Crippen LogP contribution is 2.45. The van der Waals surface area contributed by atoms with Crippen molar-refractivity contribution in [1.82, 2.24) is 16.0 Å². The topological polar surface area (TPSA) is 108 Å². The van der Waals surface area contributed by atoms with E-state index in [1.165, 1.54) is 16.7 Å². The molecular formula is C30H30N4O4S. The van der Waals surface area contributed by atoms with Gasteiger partial charge in [0.1, 0.15) is 18.6 Å². The average Bonchev–Trinajstić information content (AvgIpc) is 3.36. The Morgan fingerprint density at radius 2 is 1.62 bits per heavy atom. The van der Waals surface area contributed by atoms with Crippen molar-refractivity contribution >= 4 is 41.1 Å². The van der Waals surface area contributed by atoms with Crippen molar-refractivity contribution in [1.29, 1.82) is 0 Å². The molecule has 2 heterocycles. The van der Waals surface area contributed by atoms with E-state index in [-0.39, 0.29) is 30.7 Å². The van der Waals surface area contributed by atoms with E-state index < -0.39 is 23.2 Å². The third kappa shape index (κ3) is 6.31. The Bertz CT molecular complexity index is 1350. The van der Waals surface area contributed by atoms with Crippen LogP contribution >= 0.6 is 11.8 Å². The van der Waals surface area contributed by atoms with E-state index in [0.717, 1.165) is 16.0 Å². The van der Waals surface area contributed by atoms with Gasteiger partial charge in [0.25, 0.3) is 5.91 Å². The molecule has 2 aliphatic heterocycles. The van der Waals surface area contributed by atoms with Gasteiger partial charge in [0.05, 0.1) is 10.9 Å². The molecule has 3 aromatic rings. The zero-order valence-corrected chi connectivity index (χ0v) is 22.2. The summed E-state index contributed by atoms with van der Waals surface area (Å²) in [6.45, 7) is 0.259. The van der Waals surface area contributed by atoms with Crippen LogP contribution in [0.3, 0.4) is 0 Å². The van der Waals surface area contributed by atoms with Gasteiger partial charge in [-0.3, -0.25) is 19.2 Å². The second-order valence-electron chi connectivity index (χ2n) is 9.57. The maximum atomic E-state index is 14.2. The third-order valence-electron chi connectivity index (χ3n) is 6.86. The molecule has 5 rings (SSSR count). The molecule has 3 atom stereocenters. The number of para-hydroxylation sites is 1. The highest BCUT2D eigenvalue weighted by molar-refractivity contribution is 7.99. The number of rotatable bonds is 8. The predicted molar refractivity (Wildman–Crippen MR) is 150 cm³/mol. The van der Waals surface area contributed by atoms with Crippen LogP contribution in [0.2, 0.25) is 0 Å². The van der Waals surface area contributed by atoms with Crippen LogP contribution in [0, 0.1) is 0 Å². The first-order valence-corrected chi connectivity index (χ1v) is 13.9. The summed E-state index contributed by atoms with van der Waals surface area (Å²) < 4.78 is 0. The van der Waals surface area contributed by atoms with Crippen molar-refractivity contribution in [3.63, 3.8) is 0 Å². The van der Waals surface area contributed by atoms with E-state index >= 15 is 0 Å². The number of benzene rings is 3. The van der Waals surface area contributed by atoms with Gasteiger partial charge in [-0.05, 0) is 36.1 Å². The quantitative estimate of drug-likeness (QED) is 0.406. The van der Waals surface area contributed by atoms with Crippen LogP contribution in [0.4, 0.5) is 5.69 Å². The number of thioether (sulfide) groups is 1. The number of nitrogens with zero attached hydrogens (tertiary/aromatic N) is 1. The lowest BCUT2D eigenvalue weighted by Gasteiger charge is -2.29. The molecule has 9 heteroatoms. The van der Waals surface area contributed by atoms with Crippen LogP contribution in [0.25, 0.3) is 0 Å². The minimum Gasteiger partial charge on any atom is -0.354 e. The summed E-state index contributed by atoms with van der Waals surface area (Å²) in [5, 5.41) is 8.09. The Balaban J connectivity index is 1.40. The van der Waals surface area contributed by atoms with Crippen LogP contribution in [-0.2, 0) is 25.6 Å². The molecule has 4 amide bonds. The number of hydrogen-bond donors (Lipinski definition) is 3. The lowest BCUT2D eigenvalue weighted by atomic mass is 10.0. The number of nitrogens with one attached hydrogen (secondary N) is 3. The minimum absolute atomic E-state index is 0.181. The number of fused-ring (bicyclic) bond motifs is 1. The number of anilines is 1. The lowest BCUT2D eigenvalue weighted by Crippen LogP contribution is -2.55. The summed E-state index contributed by atoms with van der Waals surface area (Å²) >= 11 is 1.48. The smallest absolute Gasteiger partial charge is 0.251 e. The van der Waals surface area contributed by atoms with Gasteiger partial charge in [0.15, 0.2) is 0 Å². The van der Waals surface area contributed by atoms with Crippen molar-refractivity contribution < 1.29 is 19.2 Å². The first-order chi connectivity index (χ1) is 19.0. The Labute approximate surface area is 231 Å². The molecule has 1 saturated heterocycles. The fourth-order valence-electron chi connectivity index (χ4n) is 4.86. The molecule has 0 spiro atoms. The van der Waals surface area contributed by atoms with E-state index in [1.807, 2.05) is 84.9 Å². The first kappa shape index (κ1) is 26.5. The second kappa shape index (κ2) is 12.2. The molecule has 3 N–H and O–H groups in total. The van der Waals surface area contributed by atoms with Gasteiger partial charge >= 0.3 is 0 Å². The van der Waals surface area contributed by atoms with Crippen LogP contribution in [0.15, 0.2) is 89.8 Å². The molecule has 0 unspecified atom stereocenters. The molecule has 0 aromatic heterocycles. The molecule has 200 valence electrons. The van der Waals surface area contributed by atoms with E-state index in [4.69, 9.17) is 0 Å². The zero-order valence-electron chi connectivity index (χ0n) is 21.3. The van der Waals surface area contributed by atoms with Crippen LogP contribution in [0.5, 0.6) is 0 Å². The van der Waals surface area contributed by atoms with Gasteiger partial charge in [0, 0.05) is 17.9 Å². The Morgan fingerprint density at radius 3 is 2.33 bits per heavy atom. The molecular weight excluding hydrogens is 512 g/mol. The normalized spacial score (nSPS) is 20.5. The standard InChI is InChI=1S/C30H30N4O4S/c35-25-16-15-22(32-25)29(37)33-27-28(21-11-5-2-6-12-21)39-24-14-8-7-13-23(24)34(30(27)38)19-26(36)31-18-17-20-9-3-1-4-10-20/h1-14,22,27-28H,15-19H2,(H,31,36)(H,32,35)(H,33,37)/t22-,27+,28+/m0/s1. The summed E-state index contributed by atoms with van der Waals surface area (Å²) in [7, 11) is 0. The molecule has 0 saturated carbocycles. The molecule has 2 aliphatic rings. The summed E-state index contributed by atoms with van der Waals surface area (Å²) in [6, 6.07) is 25.2. The molecule has 8 nitrogen and oxygen atoms in total. The van der Waals surface area contributed by atoms with Crippen molar-refractivity contribution in [3.8, 4) is 0 Å². The van der Waals surface area contributed by atoms with Gasteiger partial charge in [-0.2, -0.15) is 0 Å². The Hall–Kier alpha value is -4.11. The Kier molecular flexibility index (Phi) is 8.27. The molecule has 0 radical (unpaired) electrons. The van der Waals surface area contributed by atoms with E-state index in [9.17, 15) is 19.2 Å². The van der Waals surface area contributed by atoms with Crippen molar-refractivity contribution in [2.45, 2.75) is 41.5 Å². The highest BCUT2D eigenvalue weighted by atomic mass is 32.2. The van der Waals surface area contributed by atoms with Crippen LogP contribution in [0.1, 0.15) is 29.2 Å². The zero-order chi connectivity index (χ0) is 27.2. The third-order valence-corrected chi connectivity index (χ3v) is 8.26. The first-order valence-electron chi connectivity index (χ1n) is 13.0. The van der Waals surface area contributed by atoms with E-state index in [2.05, 4.69) is 16.0 Å². The van der Waals surface area contributed by atoms with Gasteiger partial charge < -0.3 is 20.9 Å². The maximum absolute atomic E-state index is 14.2. The van der Waals surface area contributed by atoms with Crippen LogP contribution < -0.4 is 20.9 Å². The fourth-order valence-corrected chi connectivity index (χ4v) is 6.20. The van der Waals surface area contributed by atoms with Gasteiger partial charge in [0.2, 0.25) is 17.7 Å². The molecule has 0 aliphatic carbocycles. The predicted octanol–water partition coefficient (Wildman–Crippen LogP) is 2.99. The molecule has 0 bridgehead atoms. The van der Waals surface area contributed by atoms with Gasteiger partial charge in [-0.15, -0.1) is 11.8 Å². The van der Waals surface area contributed by atoms with E-state index in [0.29, 0.717) is 25.1 Å². The number of hydrogen-bond acceptors (Lipinski definition) is 5. The summed E-state index contributed by atoms with van der Waals surface area (Å²) in [6.07, 6.45) is 1.33. The lowest BCUT2D eigenvalue weighted by molar-refractivity contribution is -0.130. The van der Waals surface area contributed by atoms with Crippen molar-refractivity contribution in [3.05, 3.63) is 96.1 Å². The number of carbonyl (C=O) groups is 4. The largest absolute Gasteiger partial charge is 0.354 e. The monoisotopic (exact) mass is 542 g/mol. The second-order valence-corrected chi connectivity index (χ2v) is 10.8. The highest BCUT2D eigenvalue weighted by Gasteiger charge is 2.41. The minimum atomic E-state index is -0.952. The molecule has 39 heavy (non-hydrogen) atoms. The van der Waals surface area contributed by atoms with Gasteiger partial charge in [-0.1, -0.05) is 72.8 Å². The summed E-state index contributed by atoms with van der Waals surface area (Å²) in [4.78, 5) is 54.4. The number of carbonyl (C=O) groups excluding carboxylic acids is 4. The van der Waals surface area contributed by atoms with Crippen molar-refractivity contribution in [2.24, 2.45) is 0 Å². The number of amides is 4. The summed E-state index contributed by atoms with van der Waals surface area (Å²) in [5.74, 6) is -1.25. The van der Waals surface area contributed by atoms with E-state index in [1.54, 1.807) is 0 Å².